The molecule has 0 heterocycles. The Morgan fingerprint density at radius 2 is 2.11 bits per heavy atom. The predicted octanol–water partition coefficient (Wildman–Crippen LogP) is 2.35. The lowest BCUT2D eigenvalue weighted by molar-refractivity contribution is -0.127. The summed E-state index contributed by atoms with van der Waals surface area (Å²) in [6.45, 7) is 7.35. The van der Waals surface area contributed by atoms with Crippen LogP contribution in [0.3, 0.4) is 0 Å². The van der Waals surface area contributed by atoms with Gasteiger partial charge in [0.25, 0.3) is 5.91 Å². The summed E-state index contributed by atoms with van der Waals surface area (Å²) in [7, 11) is 0. The van der Waals surface area contributed by atoms with E-state index in [4.69, 9.17) is 4.74 Å². The summed E-state index contributed by atoms with van der Waals surface area (Å²) >= 11 is 0. The van der Waals surface area contributed by atoms with Crippen LogP contribution in [0.5, 0.6) is 5.75 Å². The minimum atomic E-state index is -0.661. The number of Topliss-reactive ketones (excluding diaryl/α,β-unsaturated/α-hetero) is 1. The van der Waals surface area contributed by atoms with Crippen molar-refractivity contribution in [3.63, 3.8) is 0 Å². The summed E-state index contributed by atoms with van der Waals surface area (Å²) in [6.07, 6.45) is 1.34. The topological polar surface area (TPSA) is 55.4 Å². The minimum Gasteiger partial charge on any atom is -0.480 e. The van der Waals surface area contributed by atoms with Crippen molar-refractivity contribution < 1.29 is 14.3 Å². The lowest BCUT2D eigenvalue weighted by Gasteiger charge is -2.16. The van der Waals surface area contributed by atoms with Gasteiger partial charge in [-0.2, -0.15) is 0 Å². The molecule has 1 N–H and O–H groups in total. The van der Waals surface area contributed by atoms with Gasteiger partial charge < -0.3 is 10.1 Å². The molecule has 0 aliphatic carbocycles. The molecule has 1 amide bonds. The Morgan fingerprint density at radius 1 is 1.42 bits per heavy atom. The number of amides is 1. The summed E-state index contributed by atoms with van der Waals surface area (Å²) in [5, 5.41) is 2.65. The fraction of sp³-hybridized carbons (Fsp3) is 0.333. The van der Waals surface area contributed by atoms with Crippen LogP contribution in [0.4, 0.5) is 0 Å². The fourth-order valence-electron chi connectivity index (χ4n) is 1.55. The summed E-state index contributed by atoms with van der Waals surface area (Å²) in [5.41, 5.74) is 0.508. The van der Waals surface area contributed by atoms with Gasteiger partial charge in [0.15, 0.2) is 11.9 Å². The SMILES string of the molecule is C=CCNC(=O)C(C)Oc1ccccc1C(=O)CC. The van der Waals surface area contributed by atoms with E-state index >= 15 is 0 Å². The quantitative estimate of drug-likeness (QED) is 0.605. The van der Waals surface area contributed by atoms with Gasteiger partial charge >= 0.3 is 0 Å². The van der Waals surface area contributed by atoms with Gasteiger partial charge in [0.05, 0.1) is 5.56 Å². The second kappa shape index (κ2) is 7.36. The maximum absolute atomic E-state index is 11.8. The van der Waals surface area contributed by atoms with E-state index in [1.54, 1.807) is 44.2 Å². The van der Waals surface area contributed by atoms with Crippen molar-refractivity contribution in [3.05, 3.63) is 42.5 Å². The highest BCUT2D eigenvalue weighted by molar-refractivity contribution is 5.98. The molecule has 4 nitrogen and oxygen atoms in total. The molecule has 1 rings (SSSR count). The van der Waals surface area contributed by atoms with Gasteiger partial charge in [0.1, 0.15) is 5.75 Å². The molecule has 0 spiro atoms. The zero-order chi connectivity index (χ0) is 14.3. The van der Waals surface area contributed by atoms with E-state index in [0.717, 1.165) is 0 Å². The van der Waals surface area contributed by atoms with Crippen molar-refractivity contribution in [1.29, 1.82) is 0 Å². The number of hydrogen-bond donors (Lipinski definition) is 1. The van der Waals surface area contributed by atoms with Gasteiger partial charge in [-0.15, -0.1) is 6.58 Å². The van der Waals surface area contributed by atoms with Crippen molar-refractivity contribution in [2.75, 3.05) is 6.54 Å². The number of nitrogens with one attached hydrogen (secondary N) is 1. The van der Waals surface area contributed by atoms with E-state index in [1.807, 2.05) is 0 Å². The molecule has 1 atom stereocenters. The number of rotatable bonds is 7. The van der Waals surface area contributed by atoms with Gasteiger partial charge in [0, 0.05) is 13.0 Å². The highest BCUT2D eigenvalue weighted by Gasteiger charge is 2.17. The van der Waals surface area contributed by atoms with E-state index in [-0.39, 0.29) is 11.7 Å². The van der Waals surface area contributed by atoms with Crippen LogP contribution in [-0.4, -0.2) is 24.3 Å². The van der Waals surface area contributed by atoms with Crippen molar-refractivity contribution in [3.8, 4) is 5.75 Å². The van der Waals surface area contributed by atoms with Crippen LogP contribution in [-0.2, 0) is 4.79 Å². The van der Waals surface area contributed by atoms with Crippen molar-refractivity contribution in [2.24, 2.45) is 0 Å². The smallest absolute Gasteiger partial charge is 0.261 e. The lowest BCUT2D eigenvalue weighted by atomic mass is 10.1. The average Bonchev–Trinajstić information content (AvgIpc) is 2.44. The maximum Gasteiger partial charge on any atom is 0.261 e. The van der Waals surface area contributed by atoms with Gasteiger partial charge in [-0.25, -0.2) is 0 Å². The summed E-state index contributed by atoms with van der Waals surface area (Å²) < 4.78 is 5.56. The fourth-order valence-corrected chi connectivity index (χ4v) is 1.55. The van der Waals surface area contributed by atoms with E-state index in [0.29, 0.717) is 24.3 Å². The average molecular weight is 261 g/mol. The normalized spacial score (nSPS) is 11.5. The first-order chi connectivity index (χ1) is 9.10. The van der Waals surface area contributed by atoms with Crippen LogP contribution >= 0.6 is 0 Å². The van der Waals surface area contributed by atoms with Crippen LogP contribution in [0.25, 0.3) is 0 Å². The highest BCUT2D eigenvalue weighted by atomic mass is 16.5. The van der Waals surface area contributed by atoms with Crippen LogP contribution in [0.1, 0.15) is 30.6 Å². The van der Waals surface area contributed by atoms with Crippen molar-refractivity contribution in [2.45, 2.75) is 26.4 Å². The molecular formula is C15H19NO3. The van der Waals surface area contributed by atoms with Gasteiger partial charge in [-0.05, 0) is 19.1 Å². The zero-order valence-corrected chi connectivity index (χ0v) is 11.3. The van der Waals surface area contributed by atoms with E-state index in [2.05, 4.69) is 11.9 Å². The number of para-hydroxylation sites is 1. The standard InChI is InChI=1S/C15H19NO3/c1-4-10-16-15(18)11(3)19-14-9-7-6-8-12(14)13(17)5-2/h4,6-9,11H,1,5,10H2,2-3H3,(H,16,18). The first kappa shape index (κ1) is 15.0. The minimum absolute atomic E-state index is 0.00528. The number of ether oxygens (including phenoxy) is 1. The zero-order valence-electron chi connectivity index (χ0n) is 11.3. The predicted molar refractivity (Wildman–Crippen MR) is 74.4 cm³/mol. The summed E-state index contributed by atoms with van der Waals surface area (Å²) in [5.74, 6) is 0.198. The molecule has 4 heteroatoms. The highest BCUT2D eigenvalue weighted by Crippen LogP contribution is 2.20. The Hall–Kier alpha value is -2.10. The summed E-state index contributed by atoms with van der Waals surface area (Å²) in [4.78, 5) is 23.5. The number of hydrogen-bond acceptors (Lipinski definition) is 3. The number of carbonyl (C=O) groups excluding carboxylic acids is 2. The Labute approximate surface area is 113 Å². The molecule has 0 aliphatic heterocycles. The Balaban J connectivity index is 2.79. The first-order valence-corrected chi connectivity index (χ1v) is 6.27. The molecular weight excluding hydrogens is 242 g/mol. The lowest BCUT2D eigenvalue weighted by Crippen LogP contribution is -2.36. The molecule has 102 valence electrons. The number of benzene rings is 1. The Bertz CT molecular complexity index is 468. The molecule has 0 saturated heterocycles. The van der Waals surface area contributed by atoms with E-state index in [9.17, 15) is 9.59 Å². The molecule has 0 bridgehead atoms. The van der Waals surface area contributed by atoms with Gasteiger partial charge in [-0.3, -0.25) is 9.59 Å². The van der Waals surface area contributed by atoms with E-state index in [1.165, 1.54) is 0 Å². The van der Waals surface area contributed by atoms with Gasteiger partial charge in [-0.1, -0.05) is 25.1 Å². The third-order valence-corrected chi connectivity index (χ3v) is 2.60. The van der Waals surface area contributed by atoms with Crippen LogP contribution < -0.4 is 10.1 Å². The molecule has 19 heavy (non-hydrogen) atoms. The second-order valence-corrected chi connectivity index (χ2v) is 4.07. The third kappa shape index (κ3) is 4.25. The summed E-state index contributed by atoms with van der Waals surface area (Å²) in [6, 6.07) is 6.95. The Kier molecular flexibility index (Phi) is 5.79. The molecule has 1 aromatic carbocycles. The number of ketones is 1. The monoisotopic (exact) mass is 261 g/mol. The molecule has 0 radical (unpaired) electrons. The number of carbonyl (C=O) groups is 2. The van der Waals surface area contributed by atoms with Crippen molar-refractivity contribution in [1.82, 2.24) is 5.32 Å². The molecule has 0 aliphatic rings. The molecule has 1 aromatic rings. The molecule has 0 fully saturated rings. The maximum atomic E-state index is 11.8. The van der Waals surface area contributed by atoms with E-state index < -0.39 is 6.10 Å². The van der Waals surface area contributed by atoms with Crippen LogP contribution in [0.2, 0.25) is 0 Å². The van der Waals surface area contributed by atoms with Crippen LogP contribution in [0.15, 0.2) is 36.9 Å². The third-order valence-electron chi connectivity index (χ3n) is 2.60. The van der Waals surface area contributed by atoms with Crippen LogP contribution in [0, 0.1) is 0 Å². The van der Waals surface area contributed by atoms with Gasteiger partial charge in [0.2, 0.25) is 0 Å². The second-order valence-electron chi connectivity index (χ2n) is 4.07. The molecule has 0 aromatic heterocycles. The largest absolute Gasteiger partial charge is 0.480 e. The van der Waals surface area contributed by atoms with Crippen molar-refractivity contribution >= 4 is 11.7 Å². The Morgan fingerprint density at radius 3 is 2.74 bits per heavy atom. The molecule has 1 unspecified atom stereocenters. The molecule has 0 saturated carbocycles. The first-order valence-electron chi connectivity index (χ1n) is 6.27.